The second-order valence-corrected chi connectivity index (χ2v) is 5.09. The van der Waals surface area contributed by atoms with E-state index in [1.165, 1.54) is 11.8 Å². The Morgan fingerprint density at radius 3 is 2.65 bits per heavy atom. The van der Waals surface area contributed by atoms with Crippen molar-refractivity contribution >= 4 is 23.6 Å². The van der Waals surface area contributed by atoms with Gasteiger partial charge in [-0.2, -0.15) is 11.8 Å². The molecule has 0 aromatic heterocycles. The first kappa shape index (κ1) is 18.5. The Labute approximate surface area is 121 Å². The van der Waals surface area contributed by atoms with Crippen LogP contribution < -0.4 is 5.32 Å². The van der Waals surface area contributed by atoms with E-state index in [1.54, 1.807) is 0 Å². The van der Waals surface area contributed by atoms with Crippen LogP contribution in [0.15, 0.2) is 0 Å². The standard InChI is InChI=1S/C11H20N2O6S/c1-20-8-6-9(11(15)16)12-10(14)5-3-2-4-7-19-13(17)18/h9H,2-8H2,1H3,(H,12,14)(H,15,16). The minimum absolute atomic E-state index is 0.0140. The lowest BCUT2D eigenvalue weighted by Crippen LogP contribution is -2.41. The monoisotopic (exact) mass is 308 g/mol. The third kappa shape index (κ3) is 10.4. The molecule has 0 spiro atoms. The van der Waals surface area contributed by atoms with E-state index < -0.39 is 17.1 Å². The highest BCUT2D eigenvalue weighted by Crippen LogP contribution is 2.04. The summed E-state index contributed by atoms with van der Waals surface area (Å²) >= 11 is 1.52. The average molecular weight is 308 g/mol. The second kappa shape index (κ2) is 11.3. The number of amides is 1. The van der Waals surface area contributed by atoms with Crippen LogP contribution >= 0.6 is 11.8 Å². The third-order valence-corrected chi connectivity index (χ3v) is 3.13. The number of thioether (sulfide) groups is 1. The minimum Gasteiger partial charge on any atom is -0.480 e. The number of carbonyl (C=O) groups is 2. The van der Waals surface area contributed by atoms with Crippen molar-refractivity contribution in [1.82, 2.24) is 5.32 Å². The van der Waals surface area contributed by atoms with E-state index >= 15 is 0 Å². The van der Waals surface area contributed by atoms with Gasteiger partial charge in [0.2, 0.25) is 5.91 Å². The first-order valence-electron chi connectivity index (χ1n) is 6.25. The van der Waals surface area contributed by atoms with Gasteiger partial charge >= 0.3 is 5.97 Å². The van der Waals surface area contributed by atoms with Crippen LogP contribution in [0.1, 0.15) is 32.1 Å². The van der Waals surface area contributed by atoms with Crippen LogP contribution in [0, 0.1) is 10.1 Å². The van der Waals surface area contributed by atoms with Crippen LogP contribution in [-0.2, 0) is 14.4 Å². The summed E-state index contributed by atoms with van der Waals surface area (Å²) in [7, 11) is 0. The Morgan fingerprint density at radius 1 is 1.40 bits per heavy atom. The van der Waals surface area contributed by atoms with Gasteiger partial charge in [-0.3, -0.25) is 4.79 Å². The lowest BCUT2D eigenvalue weighted by molar-refractivity contribution is -0.757. The molecule has 0 aliphatic rings. The lowest BCUT2D eigenvalue weighted by Gasteiger charge is -2.13. The van der Waals surface area contributed by atoms with E-state index in [1.807, 2.05) is 6.26 Å². The number of hydrogen-bond donors (Lipinski definition) is 2. The zero-order valence-corrected chi connectivity index (χ0v) is 12.2. The molecule has 2 N–H and O–H groups in total. The van der Waals surface area contributed by atoms with Crippen molar-refractivity contribution in [3.63, 3.8) is 0 Å². The molecule has 1 amide bonds. The maximum absolute atomic E-state index is 11.5. The molecule has 0 saturated heterocycles. The molecular formula is C11H20N2O6S. The van der Waals surface area contributed by atoms with Crippen LogP contribution in [0.2, 0.25) is 0 Å². The topological polar surface area (TPSA) is 119 Å². The van der Waals surface area contributed by atoms with Crippen LogP contribution in [0.25, 0.3) is 0 Å². The van der Waals surface area contributed by atoms with E-state index in [0.717, 1.165) is 0 Å². The maximum Gasteiger partial charge on any atom is 0.326 e. The summed E-state index contributed by atoms with van der Waals surface area (Å²) in [6.07, 6.45) is 4.11. The molecule has 8 nitrogen and oxygen atoms in total. The molecule has 0 aliphatic carbocycles. The summed E-state index contributed by atoms with van der Waals surface area (Å²) in [5.74, 6) is -0.685. The molecule has 0 heterocycles. The number of hydrogen-bond acceptors (Lipinski definition) is 6. The molecule has 0 aromatic rings. The molecule has 0 radical (unpaired) electrons. The molecular weight excluding hydrogens is 288 g/mol. The number of carboxylic acids is 1. The zero-order chi connectivity index (χ0) is 15.4. The first-order valence-corrected chi connectivity index (χ1v) is 7.65. The van der Waals surface area contributed by atoms with Gasteiger partial charge in [-0.15, -0.1) is 10.1 Å². The number of nitrogens with one attached hydrogen (secondary N) is 1. The summed E-state index contributed by atoms with van der Waals surface area (Å²) in [6.45, 7) is 0.0140. The van der Waals surface area contributed by atoms with Crippen molar-refractivity contribution in [2.24, 2.45) is 0 Å². The van der Waals surface area contributed by atoms with Gasteiger partial charge in [0, 0.05) is 6.42 Å². The fraction of sp³-hybridized carbons (Fsp3) is 0.818. The molecule has 0 bridgehead atoms. The number of carboxylic acid groups (broad SMARTS) is 1. The molecule has 20 heavy (non-hydrogen) atoms. The van der Waals surface area contributed by atoms with Crippen molar-refractivity contribution < 1.29 is 24.6 Å². The Bertz CT molecular complexity index is 326. The molecule has 0 aliphatic heterocycles. The predicted octanol–water partition coefficient (Wildman–Crippen LogP) is 1.08. The van der Waals surface area contributed by atoms with Crippen LogP contribution in [0.3, 0.4) is 0 Å². The highest BCUT2D eigenvalue weighted by atomic mass is 32.2. The Hall–Kier alpha value is -1.51. The van der Waals surface area contributed by atoms with Crippen molar-refractivity contribution in [2.75, 3.05) is 18.6 Å². The summed E-state index contributed by atoms with van der Waals surface area (Å²) in [5, 5.41) is 20.4. The first-order chi connectivity index (χ1) is 9.47. The number of rotatable bonds is 12. The summed E-state index contributed by atoms with van der Waals surface area (Å²) in [4.78, 5) is 36.5. The van der Waals surface area contributed by atoms with Gasteiger partial charge in [0.15, 0.2) is 0 Å². The van der Waals surface area contributed by atoms with Gasteiger partial charge in [0.05, 0.1) is 6.61 Å². The van der Waals surface area contributed by atoms with Gasteiger partial charge in [0.1, 0.15) is 6.04 Å². The predicted molar refractivity (Wildman–Crippen MR) is 74.0 cm³/mol. The highest BCUT2D eigenvalue weighted by molar-refractivity contribution is 7.98. The normalized spacial score (nSPS) is 11.7. The van der Waals surface area contributed by atoms with Crippen molar-refractivity contribution in [3.05, 3.63) is 10.1 Å². The van der Waals surface area contributed by atoms with Crippen LogP contribution in [0.4, 0.5) is 0 Å². The molecule has 9 heteroatoms. The molecule has 1 unspecified atom stereocenters. The van der Waals surface area contributed by atoms with Crippen molar-refractivity contribution in [1.29, 1.82) is 0 Å². The van der Waals surface area contributed by atoms with Gasteiger partial charge in [-0.05, 0) is 31.3 Å². The maximum atomic E-state index is 11.5. The average Bonchev–Trinajstić information content (AvgIpc) is 2.37. The van der Waals surface area contributed by atoms with Crippen molar-refractivity contribution in [3.8, 4) is 0 Å². The van der Waals surface area contributed by atoms with Gasteiger partial charge in [-0.25, -0.2) is 4.79 Å². The SMILES string of the molecule is CSCCC(NC(=O)CCCCCO[N+](=O)[O-])C(=O)O. The molecule has 116 valence electrons. The van der Waals surface area contributed by atoms with E-state index in [2.05, 4.69) is 10.2 Å². The van der Waals surface area contributed by atoms with Gasteiger partial charge < -0.3 is 15.3 Å². The minimum atomic E-state index is -1.04. The Morgan fingerprint density at radius 2 is 2.10 bits per heavy atom. The second-order valence-electron chi connectivity index (χ2n) is 4.11. The third-order valence-electron chi connectivity index (χ3n) is 2.49. The summed E-state index contributed by atoms with van der Waals surface area (Å²) in [6, 6.07) is -0.854. The molecule has 0 rings (SSSR count). The summed E-state index contributed by atoms with van der Waals surface area (Å²) in [5.41, 5.74) is 0. The number of aliphatic carboxylic acids is 1. The number of unbranched alkanes of at least 4 members (excludes halogenated alkanes) is 2. The Kier molecular flexibility index (Phi) is 10.5. The van der Waals surface area contributed by atoms with Gasteiger partial charge in [0.25, 0.3) is 5.09 Å². The Balaban J connectivity index is 3.74. The quantitative estimate of drug-likeness (QED) is 0.314. The van der Waals surface area contributed by atoms with E-state index in [-0.39, 0.29) is 18.9 Å². The van der Waals surface area contributed by atoms with Crippen molar-refractivity contribution in [2.45, 2.75) is 38.1 Å². The van der Waals surface area contributed by atoms with E-state index in [4.69, 9.17) is 5.11 Å². The number of nitrogens with zero attached hydrogens (tertiary/aromatic N) is 1. The zero-order valence-electron chi connectivity index (χ0n) is 11.4. The summed E-state index contributed by atoms with van der Waals surface area (Å²) < 4.78 is 0. The molecule has 0 saturated carbocycles. The van der Waals surface area contributed by atoms with Crippen LogP contribution in [0.5, 0.6) is 0 Å². The van der Waals surface area contributed by atoms with Gasteiger partial charge in [-0.1, -0.05) is 6.42 Å². The fourth-order valence-corrected chi connectivity index (χ4v) is 1.93. The fourth-order valence-electron chi connectivity index (χ4n) is 1.46. The lowest BCUT2D eigenvalue weighted by atomic mass is 10.1. The molecule has 0 fully saturated rings. The largest absolute Gasteiger partial charge is 0.480 e. The smallest absolute Gasteiger partial charge is 0.326 e. The molecule has 1 atom stereocenters. The van der Waals surface area contributed by atoms with Crippen LogP contribution in [-0.4, -0.2) is 46.7 Å². The molecule has 0 aromatic carbocycles. The highest BCUT2D eigenvalue weighted by Gasteiger charge is 2.18. The van der Waals surface area contributed by atoms with E-state index in [0.29, 0.717) is 31.4 Å². The number of carbonyl (C=O) groups excluding carboxylic acids is 1. The van der Waals surface area contributed by atoms with E-state index in [9.17, 15) is 19.7 Å².